The third kappa shape index (κ3) is 3.67. The van der Waals surface area contributed by atoms with E-state index in [1.807, 2.05) is 45.0 Å². The third-order valence-electron chi connectivity index (χ3n) is 4.26. The van der Waals surface area contributed by atoms with Crippen molar-refractivity contribution in [1.29, 1.82) is 0 Å². The SMILES string of the molecule is Cc1ccc(C(=O)NNC(=O)c2ccc(-n3c(C)ccc3C)cc2)cc1. The smallest absolute Gasteiger partial charge is 0.269 e. The molecule has 5 heteroatoms. The molecule has 1 aromatic heterocycles. The number of carbonyl (C=O) groups is 2. The number of amides is 2. The van der Waals surface area contributed by atoms with Gasteiger partial charge >= 0.3 is 0 Å². The van der Waals surface area contributed by atoms with E-state index in [4.69, 9.17) is 0 Å². The summed E-state index contributed by atoms with van der Waals surface area (Å²) in [6.07, 6.45) is 0. The van der Waals surface area contributed by atoms with E-state index < -0.39 is 0 Å². The highest BCUT2D eigenvalue weighted by atomic mass is 16.2. The number of nitrogens with zero attached hydrogens (tertiary/aromatic N) is 1. The van der Waals surface area contributed by atoms with Gasteiger partial charge in [0.1, 0.15) is 0 Å². The molecule has 0 bridgehead atoms. The summed E-state index contributed by atoms with van der Waals surface area (Å²) in [4.78, 5) is 24.3. The topological polar surface area (TPSA) is 63.1 Å². The lowest BCUT2D eigenvalue weighted by molar-refractivity contribution is 0.0846. The van der Waals surface area contributed by atoms with E-state index in [2.05, 4.69) is 27.6 Å². The molecular formula is C21H21N3O2. The first kappa shape index (κ1) is 17.5. The number of hydrazine groups is 1. The molecule has 3 rings (SSSR count). The molecule has 132 valence electrons. The van der Waals surface area contributed by atoms with Gasteiger partial charge in [0.2, 0.25) is 0 Å². The molecule has 0 fully saturated rings. The molecule has 2 amide bonds. The number of benzene rings is 2. The van der Waals surface area contributed by atoms with Gasteiger partial charge in [-0.1, -0.05) is 17.7 Å². The van der Waals surface area contributed by atoms with Gasteiger partial charge in [0.05, 0.1) is 0 Å². The zero-order valence-electron chi connectivity index (χ0n) is 15.0. The minimum atomic E-state index is -0.363. The Labute approximate surface area is 152 Å². The number of hydrogen-bond acceptors (Lipinski definition) is 2. The Morgan fingerprint density at radius 3 is 1.54 bits per heavy atom. The van der Waals surface area contributed by atoms with Crippen LogP contribution in [0.5, 0.6) is 0 Å². The van der Waals surface area contributed by atoms with Crippen LogP contribution in [0.1, 0.15) is 37.7 Å². The Bertz CT molecular complexity index is 919. The number of nitrogens with one attached hydrogen (secondary N) is 2. The lowest BCUT2D eigenvalue weighted by Gasteiger charge is -2.11. The molecule has 0 spiro atoms. The Kier molecular flexibility index (Phi) is 4.89. The van der Waals surface area contributed by atoms with Crippen molar-refractivity contribution in [1.82, 2.24) is 15.4 Å². The van der Waals surface area contributed by atoms with E-state index >= 15 is 0 Å². The van der Waals surface area contributed by atoms with Gasteiger partial charge in [-0.3, -0.25) is 20.4 Å². The Morgan fingerprint density at radius 1 is 0.654 bits per heavy atom. The van der Waals surface area contributed by atoms with Crippen molar-refractivity contribution < 1.29 is 9.59 Å². The first-order chi connectivity index (χ1) is 12.5. The zero-order valence-corrected chi connectivity index (χ0v) is 15.0. The summed E-state index contributed by atoms with van der Waals surface area (Å²) in [6.45, 7) is 6.02. The summed E-state index contributed by atoms with van der Waals surface area (Å²) in [6, 6.07) is 18.5. The van der Waals surface area contributed by atoms with Crippen molar-refractivity contribution in [2.45, 2.75) is 20.8 Å². The van der Waals surface area contributed by atoms with Crippen molar-refractivity contribution in [2.75, 3.05) is 0 Å². The van der Waals surface area contributed by atoms with Gasteiger partial charge in [-0.05, 0) is 69.3 Å². The van der Waals surface area contributed by atoms with E-state index in [0.29, 0.717) is 11.1 Å². The molecule has 0 atom stereocenters. The highest BCUT2D eigenvalue weighted by Gasteiger charge is 2.10. The van der Waals surface area contributed by atoms with Crippen LogP contribution in [0.4, 0.5) is 0 Å². The van der Waals surface area contributed by atoms with E-state index in [1.54, 1.807) is 24.3 Å². The van der Waals surface area contributed by atoms with Crippen LogP contribution < -0.4 is 10.9 Å². The summed E-state index contributed by atoms with van der Waals surface area (Å²) in [7, 11) is 0. The van der Waals surface area contributed by atoms with Crippen LogP contribution in [0.15, 0.2) is 60.7 Å². The molecule has 0 saturated carbocycles. The molecule has 0 aliphatic carbocycles. The Hall–Kier alpha value is -3.34. The van der Waals surface area contributed by atoms with E-state index in [0.717, 1.165) is 22.6 Å². The molecule has 0 saturated heterocycles. The van der Waals surface area contributed by atoms with Crippen LogP contribution in [-0.2, 0) is 0 Å². The number of aryl methyl sites for hydroxylation is 3. The second-order valence-electron chi connectivity index (χ2n) is 6.27. The molecule has 3 aromatic rings. The Morgan fingerprint density at radius 2 is 1.08 bits per heavy atom. The van der Waals surface area contributed by atoms with Gasteiger partial charge in [-0.2, -0.15) is 0 Å². The molecule has 0 aliphatic heterocycles. The number of carbonyl (C=O) groups excluding carboxylic acids is 2. The van der Waals surface area contributed by atoms with Crippen molar-refractivity contribution in [3.05, 3.63) is 88.7 Å². The second-order valence-corrected chi connectivity index (χ2v) is 6.27. The molecular weight excluding hydrogens is 326 g/mol. The molecule has 2 aromatic carbocycles. The first-order valence-electron chi connectivity index (χ1n) is 8.38. The normalized spacial score (nSPS) is 10.4. The minimum Gasteiger partial charge on any atom is -0.319 e. The minimum absolute atomic E-state index is 0.353. The molecule has 2 N–H and O–H groups in total. The van der Waals surface area contributed by atoms with Crippen LogP contribution in [0.3, 0.4) is 0 Å². The van der Waals surface area contributed by atoms with Gasteiger partial charge in [0.25, 0.3) is 11.8 Å². The Balaban J connectivity index is 1.65. The molecule has 26 heavy (non-hydrogen) atoms. The van der Waals surface area contributed by atoms with Gasteiger partial charge in [-0.25, -0.2) is 0 Å². The number of hydrogen-bond donors (Lipinski definition) is 2. The largest absolute Gasteiger partial charge is 0.319 e. The molecule has 1 heterocycles. The third-order valence-corrected chi connectivity index (χ3v) is 4.26. The van der Waals surface area contributed by atoms with Gasteiger partial charge in [-0.15, -0.1) is 0 Å². The zero-order chi connectivity index (χ0) is 18.7. The van der Waals surface area contributed by atoms with Crippen LogP contribution in [-0.4, -0.2) is 16.4 Å². The van der Waals surface area contributed by atoms with E-state index in [9.17, 15) is 9.59 Å². The predicted octanol–water partition coefficient (Wildman–Crippen LogP) is 3.48. The van der Waals surface area contributed by atoms with Crippen LogP contribution in [0.25, 0.3) is 5.69 Å². The number of rotatable bonds is 3. The van der Waals surface area contributed by atoms with Crippen molar-refractivity contribution in [2.24, 2.45) is 0 Å². The molecule has 0 unspecified atom stereocenters. The monoisotopic (exact) mass is 347 g/mol. The van der Waals surface area contributed by atoms with Crippen LogP contribution >= 0.6 is 0 Å². The fourth-order valence-corrected chi connectivity index (χ4v) is 2.80. The maximum atomic E-state index is 12.2. The highest BCUT2D eigenvalue weighted by Crippen LogP contribution is 2.16. The van der Waals surface area contributed by atoms with E-state index in [-0.39, 0.29) is 11.8 Å². The van der Waals surface area contributed by atoms with Crippen molar-refractivity contribution >= 4 is 11.8 Å². The quantitative estimate of drug-likeness (QED) is 0.713. The fourth-order valence-electron chi connectivity index (χ4n) is 2.80. The first-order valence-corrected chi connectivity index (χ1v) is 8.38. The molecule has 5 nitrogen and oxygen atoms in total. The second kappa shape index (κ2) is 7.27. The van der Waals surface area contributed by atoms with Crippen molar-refractivity contribution in [3.63, 3.8) is 0 Å². The maximum absolute atomic E-state index is 12.2. The summed E-state index contributed by atoms with van der Waals surface area (Å²) >= 11 is 0. The van der Waals surface area contributed by atoms with Gasteiger partial charge in [0.15, 0.2) is 0 Å². The summed E-state index contributed by atoms with van der Waals surface area (Å²) in [5, 5.41) is 0. The lowest BCUT2D eigenvalue weighted by Crippen LogP contribution is -2.41. The van der Waals surface area contributed by atoms with Gasteiger partial charge < -0.3 is 4.57 Å². The summed E-state index contributed by atoms with van der Waals surface area (Å²) in [5.41, 5.74) is 10.2. The lowest BCUT2D eigenvalue weighted by atomic mass is 10.1. The fraction of sp³-hybridized carbons (Fsp3) is 0.143. The van der Waals surface area contributed by atoms with Crippen LogP contribution in [0.2, 0.25) is 0 Å². The summed E-state index contributed by atoms with van der Waals surface area (Å²) < 4.78 is 2.11. The average molecular weight is 347 g/mol. The molecule has 0 radical (unpaired) electrons. The average Bonchev–Trinajstić information content (AvgIpc) is 2.98. The van der Waals surface area contributed by atoms with Gasteiger partial charge in [0, 0.05) is 28.2 Å². The van der Waals surface area contributed by atoms with Crippen LogP contribution in [0, 0.1) is 20.8 Å². The standard InChI is InChI=1S/C21H21N3O2/c1-14-4-8-17(9-5-14)20(25)22-23-21(26)18-10-12-19(13-11-18)24-15(2)6-7-16(24)3/h4-13H,1-3H3,(H,22,25)(H,23,26). The number of aromatic nitrogens is 1. The summed E-state index contributed by atoms with van der Waals surface area (Å²) in [5.74, 6) is -0.716. The molecule has 0 aliphatic rings. The maximum Gasteiger partial charge on any atom is 0.269 e. The predicted molar refractivity (Wildman–Crippen MR) is 101 cm³/mol. The highest BCUT2D eigenvalue weighted by molar-refractivity contribution is 5.99. The van der Waals surface area contributed by atoms with E-state index in [1.165, 1.54) is 0 Å². The van der Waals surface area contributed by atoms with Crippen molar-refractivity contribution in [3.8, 4) is 5.69 Å².